The molecule has 1 aromatic carbocycles. The van der Waals surface area contributed by atoms with Gasteiger partial charge in [0, 0.05) is 38.3 Å². The lowest BCUT2D eigenvalue weighted by atomic mass is 10.2. The average molecular weight is 344 g/mol. The van der Waals surface area contributed by atoms with Crippen molar-refractivity contribution in [3.05, 3.63) is 30.3 Å². The molecule has 6 nitrogen and oxygen atoms in total. The maximum absolute atomic E-state index is 12.3. The van der Waals surface area contributed by atoms with Crippen molar-refractivity contribution in [1.82, 2.24) is 10.6 Å². The van der Waals surface area contributed by atoms with Gasteiger partial charge in [-0.15, -0.1) is 0 Å². The first-order chi connectivity index (χ1) is 12.3. The zero-order chi connectivity index (χ0) is 17.5. The summed E-state index contributed by atoms with van der Waals surface area (Å²) in [6, 6.07) is 9.90. The minimum atomic E-state index is 0.0771. The van der Waals surface area contributed by atoms with Crippen LogP contribution in [-0.2, 0) is 9.53 Å². The molecule has 1 amide bonds. The molecule has 2 aliphatic rings. The highest BCUT2D eigenvalue weighted by Gasteiger charge is 2.31. The highest BCUT2D eigenvalue weighted by Crippen LogP contribution is 2.21. The predicted octanol–water partition coefficient (Wildman–Crippen LogP) is 1.92. The number of rotatable bonds is 6. The summed E-state index contributed by atoms with van der Waals surface area (Å²) >= 11 is 0. The standard InChI is InChI=1S/C19H28N4O2/c1-2-20-19(21-11-10-17-9-6-12-25-17)22-15-13-18(24)23(14-15)16-7-4-3-5-8-16/h3-5,7-8,15,17H,2,6,9-14H2,1H3,(H2,20,21,22). The zero-order valence-electron chi connectivity index (χ0n) is 14.9. The molecule has 0 aliphatic carbocycles. The number of hydrogen-bond donors (Lipinski definition) is 2. The fraction of sp³-hybridized carbons (Fsp3) is 0.579. The summed E-state index contributed by atoms with van der Waals surface area (Å²) in [5.41, 5.74) is 0.956. The molecule has 6 heteroatoms. The molecule has 0 bridgehead atoms. The number of carbonyl (C=O) groups is 1. The van der Waals surface area contributed by atoms with Gasteiger partial charge in [0.05, 0.1) is 12.1 Å². The van der Waals surface area contributed by atoms with Crippen LogP contribution in [0.15, 0.2) is 35.3 Å². The summed E-state index contributed by atoms with van der Waals surface area (Å²) in [6.45, 7) is 5.14. The van der Waals surface area contributed by atoms with Gasteiger partial charge in [-0.05, 0) is 38.3 Å². The number of guanidine groups is 1. The number of ether oxygens (including phenoxy) is 1. The molecule has 2 N–H and O–H groups in total. The van der Waals surface area contributed by atoms with Crippen molar-refractivity contribution < 1.29 is 9.53 Å². The number of aliphatic imine (C=N–C) groups is 1. The lowest BCUT2D eigenvalue weighted by Gasteiger charge is -2.19. The summed E-state index contributed by atoms with van der Waals surface area (Å²) in [6.07, 6.45) is 4.10. The summed E-state index contributed by atoms with van der Waals surface area (Å²) in [5, 5.41) is 6.68. The Labute approximate surface area is 149 Å². The second-order valence-corrected chi connectivity index (χ2v) is 6.57. The molecule has 136 valence electrons. The molecule has 2 atom stereocenters. The minimum Gasteiger partial charge on any atom is -0.378 e. The summed E-state index contributed by atoms with van der Waals surface area (Å²) in [5.74, 6) is 0.937. The van der Waals surface area contributed by atoms with Gasteiger partial charge in [-0.25, -0.2) is 0 Å². The van der Waals surface area contributed by atoms with Gasteiger partial charge in [0.2, 0.25) is 5.91 Å². The van der Waals surface area contributed by atoms with Crippen LogP contribution in [0, 0.1) is 0 Å². The molecule has 25 heavy (non-hydrogen) atoms. The topological polar surface area (TPSA) is 66.0 Å². The monoisotopic (exact) mass is 344 g/mol. The number of anilines is 1. The van der Waals surface area contributed by atoms with Crippen LogP contribution in [0.3, 0.4) is 0 Å². The van der Waals surface area contributed by atoms with Gasteiger partial charge in [0.1, 0.15) is 0 Å². The van der Waals surface area contributed by atoms with Crippen molar-refractivity contribution >= 4 is 17.6 Å². The van der Waals surface area contributed by atoms with Gasteiger partial charge in [0.15, 0.2) is 5.96 Å². The molecule has 2 aliphatic heterocycles. The predicted molar refractivity (Wildman–Crippen MR) is 99.9 cm³/mol. The molecule has 0 saturated carbocycles. The maximum Gasteiger partial charge on any atom is 0.229 e. The van der Waals surface area contributed by atoms with Crippen molar-refractivity contribution in [3.8, 4) is 0 Å². The first kappa shape index (κ1) is 17.7. The zero-order valence-corrected chi connectivity index (χ0v) is 14.9. The van der Waals surface area contributed by atoms with Gasteiger partial charge < -0.3 is 20.3 Å². The van der Waals surface area contributed by atoms with Crippen LogP contribution < -0.4 is 15.5 Å². The van der Waals surface area contributed by atoms with Crippen LogP contribution >= 0.6 is 0 Å². The van der Waals surface area contributed by atoms with Gasteiger partial charge in [-0.1, -0.05) is 18.2 Å². The van der Waals surface area contributed by atoms with Gasteiger partial charge in [-0.3, -0.25) is 9.79 Å². The lowest BCUT2D eigenvalue weighted by molar-refractivity contribution is -0.117. The van der Waals surface area contributed by atoms with E-state index in [1.165, 1.54) is 0 Å². The second-order valence-electron chi connectivity index (χ2n) is 6.57. The molecule has 2 saturated heterocycles. The number of nitrogens with one attached hydrogen (secondary N) is 2. The van der Waals surface area contributed by atoms with E-state index in [-0.39, 0.29) is 11.9 Å². The molecule has 0 aromatic heterocycles. The summed E-state index contributed by atoms with van der Waals surface area (Å²) in [7, 11) is 0. The molecule has 2 heterocycles. The molecule has 2 fully saturated rings. The van der Waals surface area contributed by atoms with E-state index in [0.717, 1.165) is 50.6 Å². The third-order valence-electron chi connectivity index (χ3n) is 4.62. The Bertz CT molecular complexity index is 584. The Kier molecular flexibility index (Phi) is 6.28. The molecular weight excluding hydrogens is 316 g/mol. The molecule has 1 aromatic rings. The highest BCUT2D eigenvalue weighted by molar-refractivity contribution is 5.97. The number of carbonyl (C=O) groups excluding carboxylic acids is 1. The number of nitrogens with zero attached hydrogens (tertiary/aromatic N) is 2. The Morgan fingerprint density at radius 3 is 2.92 bits per heavy atom. The van der Waals surface area contributed by atoms with Crippen molar-refractivity contribution in [2.24, 2.45) is 4.99 Å². The number of benzene rings is 1. The van der Waals surface area contributed by atoms with E-state index >= 15 is 0 Å². The first-order valence-electron chi connectivity index (χ1n) is 9.28. The van der Waals surface area contributed by atoms with E-state index in [1.807, 2.05) is 42.2 Å². The molecule has 2 unspecified atom stereocenters. The van der Waals surface area contributed by atoms with Gasteiger partial charge in [0.25, 0.3) is 0 Å². The smallest absolute Gasteiger partial charge is 0.229 e. The Morgan fingerprint density at radius 1 is 1.36 bits per heavy atom. The lowest BCUT2D eigenvalue weighted by Crippen LogP contribution is -2.44. The van der Waals surface area contributed by atoms with Crippen LogP contribution in [0.2, 0.25) is 0 Å². The van der Waals surface area contributed by atoms with E-state index in [4.69, 9.17) is 4.74 Å². The van der Waals surface area contributed by atoms with Gasteiger partial charge in [-0.2, -0.15) is 0 Å². The van der Waals surface area contributed by atoms with Crippen LogP contribution in [0.1, 0.15) is 32.6 Å². The van der Waals surface area contributed by atoms with E-state index in [9.17, 15) is 4.79 Å². The van der Waals surface area contributed by atoms with E-state index in [2.05, 4.69) is 15.6 Å². The molecule has 0 spiro atoms. The second kappa shape index (κ2) is 8.85. The van der Waals surface area contributed by atoms with Crippen LogP contribution in [0.25, 0.3) is 0 Å². The van der Waals surface area contributed by atoms with Crippen LogP contribution in [0.4, 0.5) is 5.69 Å². The average Bonchev–Trinajstić information content (AvgIpc) is 3.25. The quantitative estimate of drug-likeness (QED) is 0.611. The Hall–Kier alpha value is -2.08. The first-order valence-corrected chi connectivity index (χ1v) is 9.28. The molecular formula is C19H28N4O2. The van der Waals surface area contributed by atoms with E-state index < -0.39 is 0 Å². The fourth-order valence-electron chi connectivity index (χ4n) is 3.37. The minimum absolute atomic E-state index is 0.0771. The Balaban J connectivity index is 1.54. The van der Waals surface area contributed by atoms with Crippen molar-refractivity contribution in [3.63, 3.8) is 0 Å². The van der Waals surface area contributed by atoms with Crippen LogP contribution in [0.5, 0.6) is 0 Å². The van der Waals surface area contributed by atoms with E-state index in [0.29, 0.717) is 19.1 Å². The summed E-state index contributed by atoms with van der Waals surface area (Å²) < 4.78 is 5.64. The largest absolute Gasteiger partial charge is 0.378 e. The van der Waals surface area contributed by atoms with Gasteiger partial charge >= 0.3 is 0 Å². The van der Waals surface area contributed by atoms with Crippen molar-refractivity contribution in [1.29, 1.82) is 0 Å². The fourth-order valence-corrected chi connectivity index (χ4v) is 3.37. The number of para-hydroxylation sites is 1. The summed E-state index contributed by atoms with van der Waals surface area (Å²) in [4.78, 5) is 18.8. The van der Waals surface area contributed by atoms with Crippen molar-refractivity contribution in [2.45, 2.75) is 44.8 Å². The Morgan fingerprint density at radius 2 is 2.20 bits per heavy atom. The SMILES string of the molecule is CCNC(=NCCC1CCCO1)NC1CC(=O)N(c2ccccc2)C1. The third-order valence-corrected chi connectivity index (χ3v) is 4.62. The number of hydrogen-bond acceptors (Lipinski definition) is 3. The number of amides is 1. The highest BCUT2D eigenvalue weighted by atomic mass is 16.5. The molecule has 0 radical (unpaired) electrons. The normalized spacial score (nSPS) is 24.0. The maximum atomic E-state index is 12.3. The van der Waals surface area contributed by atoms with E-state index in [1.54, 1.807) is 0 Å². The third kappa shape index (κ3) is 4.95. The van der Waals surface area contributed by atoms with Crippen LogP contribution in [-0.4, -0.2) is 50.3 Å². The van der Waals surface area contributed by atoms with Crippen molar-refractivity contribution in [2.75, 3.05) is 31.1 Å². The molecule has 3 rings (SSSR count).